The maximum Gasteiger partial charge on any atom is 0.0468 e. The van der Waals surface area contributed by atoms with E-state index < -0.39 is 0 Å². The van der Waals surface area contributed by atoms with Crippen LogP contribution in [-0.2, 0) is 0 Å². The van der Waals surface area contributed by atoms with Crippen LogP contribution in [-0.4, -0.2) is 31.1 Å². The van der Waals surface area contributed by atoms with Gasteiger partial charge in [-0.15, -0.1) is 0 Å². The van der Waals surface area contributed by atoms with Gasteiger partial charge in [0.1, 0.15) is 0 Å². The van der Waals surface area contributed by atoms with Crippen molar-refractivity contribution in [3.05, 3.63) is 33.8 Å². The number of likely N-dealkylation sites (tertiary alicyclic amines) is 1. The van der Waals surface area contributed by atoms with Crippen molar-refractivity contribution in [2.24, 2.45) is 0 Å². The topological polar surface area (TPSA) is 15.3 Å². The van der Waals surface area contributed by atoms with Crippen LogP contribution in [0.5, 0.6) is 0 Å². The van der Waals surface area contributed by atoms with E-state index >= 15 is 0 Å². The number of hydrogen-bond acceptors (Lipinski definition) is 2. The van der Waals surface area contributed by atoms with E-state index in [4.69, 9.17) is 23.2 Å². The summed E-state index contributed by atoms with van der Waals surface area (Å²) in [6, 6.07) is 6.52. The molecule has 0 saturated carbocycles. The highest BCUT2D eigenvalue weighted by Gasteiger charge is 2.20. The molecular weight excluding hydrogens is 267 g/mol. The van der Waals surface area contributed by atoms with Gasteiger partial charge in [-0.3, -0.25) is 0 Å². The molecule has 0 radical (unpaired) electrons. The summed E-state index contributed by atoms with van der Waals surface area (Å²) in [7, 11) is 2.17. The van der Waals surface area contributed by atoms with Crippen LogP contribution >= 0.6 is 23.2 Å². The summed E-state index contributed by atoms with van der Waals surface area (Å²) in [6.07, 6.45) is 2.50. The van der Waals surface area contributed by atoms with Crippen LogP contribution in [0.4, 0.5) is 0 Å². The quantitative estimate of drug-likeness (QED) is 0.911. The Morgan fingerprint density at radius 2 is 2.17 bits per heavy atom. The molecule has 1 aliphatic rings. The van der Waals surface area contributed by atoms with Crippen LogP contribution in [0.15, 0.2) is 18.2 Å². The molecule has 2 nitrogen and oxygen atoms in total. The molecule has 100 valence electrons. The maximum atomic E-state index is 6.24. The Morgan fingerprint density at radius 1 is 1.39 bits per heavy atom. The average molecular weight is 287 g/mol. The highest BCUT2D eigenvalue weighted by atomic mass is 35.5. The number of halogens is 2. The Morgan fingerprint density at radius 3 is 2.83 bits per heavy atom. The van der Waals surface area contributed by atoms with Gasteiger partial charge in [0.15, 0.2) is 0 Å². The van der Waals surface area contributed by atoms with E-state index in [1.54, 1.807) is 0 Å². The summed E-state index contributed by atoms with van der Waals surface area (Å²) in [5, 5.41) is 5.09. The van der Waals surface area contributed by atoms with Crippen molar-refractivity contribution in [2.45, 2.75) is 31.8 Å². The fraction of sp³-hybridized carbons (Fsp3) is 0.571. The van der Waals surface area contributed by atoms with Crippen molar-refractivity contribution in [2.75, 3.05) is 20.1 Å². The van der Waals surface area contributed by atoms with Crippen molar-refractivity contribution in [1.29, 1.82) is 0 Å². The molecule has 0 spiro atoms. The summed E-state index contributed by atoms with van der Waals surface area (Å²) < 4.78 is 0. The highest BCUT2D eigenvalue weighted by Crippen LogP contribution is 2.27. The zero-order chi connectivity index (χ0) is 13.1. The van der Waals surface area contributed by atoms with Crippen LogP contribution in [0.2, 0.25) is 10.0 Å². The van der Waals surface area contributed by atoms with Gasteiger partial charge in [-0.25, -0.2) is 0 Å². The van der Waals surface area contributed by atoms with E-state index in [1.807, 2.05) is 18.2 Å². The summed E-state index contributed by atoms with van der Waals surface area (Å²) >= 11 is 12.2. The summed E-state index contributed by atoms with van der Waals surface area (Å²) in [5.74, 6) is 0. The van der Waals surface area contributed by atoms with E-state index in [1.165, 1.54) is 19.4 Å². The van der Waals surface area contributed by atoms with Gasteiger partial charge in [0.2, 0.25) is 0 Å². The van der Waals surface area contributed by atoms with Crippen molar-refractivity contribution < 1.29 is 0 Å². The first-order valence-corrected chi connectivity index (χ1v) is 7.21. The molecule has 2 atom stereocenters. The maximum absolute atomic E-state index is 6.24. The number of nitrogens with zero attached hydrogens (tertiary/aromatic N) is 1. The normalized spacial score (nSPS) is 23.0. The van der Waals surface area contributed by atoms with Gasteiger partial charge < -0.3 is 10.2 Å². The zero-order valence-corrected chi connectivity index (χ0v) is 12.4. The van der Waals surface area contributed by atoms with E-state index in [0.717, 1.165) is 17.1 Å². The molecule has 18 heavy (non-hydrogen) atoms. The van der Waals surface area contributed by atoms with E-state index in [-0.39, 0.29) is 6.04 Å². The van der Waals surface area contributed by atoms with Crippen molar-refractivity contribution in [1.82, 2.24) is 10.2 Å². The second-order valence-corrected chi connectivity index (χ2v) is 6.00. The van der Waals surface area contributed by atoms with Crippen LogP contribution in [0, 0.1) is 0 Å². The van der Waals surface area contributed by atoms with Crippen molar-refractivity contribution >= 4 is 23.2 Å². The second-order valence-electron chi connectivity index (χ2n) is 5.16. The van der Waals surface area contributed by atoms with Gasteiger partial charge in [-0.05, 0) is 51.1 Å². The molecule has 1 aromatic carbocycles. The van der Waals surface area contributed by atoms with Crippen LogP contribution in [0.3, 0.4) is 0 Å². The van der Waals surface area contributed by atoms with Gasteiger partial charge in [0.25, 0.3) is 0 Å². The Hall–Kier alpha value is -0.280. The molecule has 2 unspecified atom stereocenters. The Balaban J connectivity index is 2.00. The minimum atomic E-state index is 0.256. The van der Waals surface area contributed by atoms with Gasteiger partial charge in [0.05, 0.1) is 0 Å². The van der Waals surface area contributed by atoms with Crippen LogP contribution in [0.25, 0.3) is 0 Å². The van der Waals surface area contributed by atoms with Gasteiger partial charge in [-0.1, -0.05) is 29.3 Å². The van der Waals surface area contributed by atoms with Crippen molar-refractivity contribution in [3.8, 4) is 0 Å². The molecular formula is C14H20Cl2N2. The lowest BCUT2D eigenvalue weighted by molar-refractivity contribution is 0.218. The largest absolute Gasteiger partial charge is 0.306 e. The minimum absolute atomic E-state index is 0.256. The van der Waals surface area contributed by atoms with E-state index in [0.29, 0.717) is 11.1 Å². The molecule has 0 bridgehead atoms. The Kier molecular flexibility index (Phi) is 4.91. The molecule has 1 aliphatic heterocycles. The predicted octanol–water partition coefficient (Wildman–Crippen LogP) is 3.74. The number of rotatable bonds is 3. The summed E-state index contributed by atoms with van der Waals surface area (Å²) in [6.45, 7) is 4.47. The molecule has 1 heterocycles. The fourth-order valence-corrected chi connectivity index (χ4v) is 3.17. The second kappa shape index (κ2) is 6.25. The molecule has 0 aliphatic carbocycles. The van der Waals surface area contributed by atoms with Gasteiger partial charge in [0, 0.05) is 28.7 Å². The smallest absolute Gasteiger partial charge is 0.0468 e. The lowest BCUT2D eigenvalue weighted by atomic mass is 10.0. The lowest BCUT2D eigenvalue weighted by Gasteiger charge is -2.32. The van der Waals surface area contributed by atoms with Crippen LogP contribution < -0.4 is 5.32 Å². The molecule has 1 aromatic rings. The Bertz CT molecular complexity index is 409. The third-order valence-electron chi connectivity index (χ3n) is 3.54. The SMILES string of the molecule is CC(NC1CCCN(C)C1)c1ccc(Cl)cc1Cl. The predicted molar refractivity (Wildman–Crippen MR) is 78.5 cm³/mol. The molecule has 1 fully saturated rings. The molecule has 0 amide bonds. The number of piperidine rings is 1. The van der Waals surface area contributed by atoms with E-state index in [2.05, 4.69) is 24.2 Å². The summed E-state index contributed by atoms with van der Waals surface area (Å²) in [4.78, 5) is 2.37. The monoisotopic (exact) mass is 286 g/mol. The number of hydrogen-bond donors (Lipinski definition) is 1. The molecule has 1 N–H and O–H groups in total. The standard InChI is InChI=1S/C14H20Cl2N2/c1-10(13-6-5-11(15)8-14(13)16)17-12-4-3-7-18(2)9-12/h5-6,8,10,12,17H,3-4,7,9H2,1-2H3. The fourth-order valence-electron chi connectivity index (χ4n) is 2.60. The molecule has 0 aromatic heterocycles. The zero-order valence-electron chi connectivity index (χ0n) is 10.9. The van der Waals surface area contributed by atoms with Crippen LogP contribution in [0.1, 0.15) is 31.4 Å². The summed E-state index contributed by atoms with van der Waals surface area (Å²) in [5.41, 5.74) is 1.12. The Labute approximate surface area is 119 Å². The van der Waals surface area contributed by atoms with Crippen molar-refractivity contribution in [3.63, 3.8) is 0 Å². The number of benzene rings is 1. The highest BCUT2D eigenvalue weighted by molar-refractivity contribution is 6.35. The first-order chi connectivity index (χ1) is 8.56. The average Bonchev–Trinajstić information content (AvgIpc) is 2.28. The first-order valence-electron chi connectivity index (χ1n) is 6.46. The third kappa shape index (κ3) is 3.61. The van der Waals surface area contributed by atoms with Gasteiger partial charge in [-0.2, -0.15) is 0 Å². The molecule has 4 heteroatoms. The number of likely N-dealkylation sites (N-methyl/N-ethyl adjacent to an activating group) is 1. The first kappa shape index (κ1) is 14.1. The minimum Gasteiger partial charge on any atom is -0.306 e. The lowest BCUT2D eigenvalue weighted by Crippen LogP contribution is -2.44. The van der Waals surface area contributed by atoms with E-state index in [9.17, 15) is 0 Å². The molecule has 1 saturated heterocycles. The third-order valence-corrected chi connectivity index (χ3v) is 4.10. The molecule has 2 rings (SSSR count). The van der Waals surface area contributed by atoms with Gasteiger partial charge >= 0.3 is 0 Å². The number of nitrogens with one attached hydrogen (secondary N) is 1.